The Bertz CT molecular complexity index is 391. The van der Waals surface area contributed by atoms with E-state index in [9.17, 15) is 4.79 Å². The third kappa shape index (κ3) is 2.33. The second-order valence-electron chi connectivity index (χ2n) is 2.75. The summed E-state index contributed by atoms with van der Waals surface area (Å²) >= 11 is 5.60. The first kappa shape index (κ1) is 9.82. The Hall–Kier alpha value is -1.27. The summed E-state index contributed by atoms with van der Waals surface area (Å²) < 4.78 is 1.44. The summed E-state index contributed by atoms with van der Waals surface area (Å²) in [7, 11) is 0. The number of hydrogen-bond acceptors (Lipinski definition) is 2. The van der Waals surface area contributed by atoms with Gasteiger partial charge in [0.15, 0.2) is 0 Å². The van der Waals surface area contributed by atoms with Gasteiger partial charge in [-0.15, -0.1) is 11.6 Å². The number of alkyl halides is 1. The van der Waals surface area contributed by atoms with Crippen molar-refractivity contribution in [1.82, 2.24) is 4.57 Å². The van der Waals surface area contributed by atoms with Crippen LogP contribution in [0.4, 0.5) is 0 Å². The van der Waals surface area contributed by atoms with E-state index in [0.717, 1.165) is 0 Å². The van der Waals surface area contributed by atoms with Gasteiger partial charge in [-0.2, -0.15) is 5.26 Å². The lowest BCUT2D eigenvalue weighted by Crippen LogP contribution is -2.24. The lowest BCUT2D eigenvalue weighted by molar-refractivity contribution is 0.686. The van der Waals surface area contributed by atoms with Crippen LogP contribution in [0.3, 0.4) is 0 Å². The molecule has 1 aromatic rings. The van der Waals surface area contributed by atoms with Gasteiger partial charge in [-0.25, -0.2) is 0 Å². The molecule has 0 fully saturated rings. The Morgan fingerprint density at radius 2 is 2.46 bits per heavy atom. The number of nitrogens with zero attached hydrogens (tertiary/aromatic N) is 2. The third-order valence-electron chi connectivity index (χ3n) is 1.71. The fraction of sp³-hybridized carbons (Fsp3) is 0.333. The van der Waals surface area contributed by atoms with Crippen molar-refractivity contribution in [2.75, 3.05) is 0 Å². The standard InChI is InChI=1S/C9H9ClN2O/c1-7-3-2-4-12(9(7)13)6-8(10)5-11/h2-4,8H,6H2,1H3. The molecule has 68 valence electrons. The topological polar surface area (TPSA) is 45.8 Å². The third-order valence-corrected chi connectivity index (χ3v) is 1.94. The van der Waals surface area contributed by atoms with Gasteiger partial charge in [0.25, 0.3) is 5.56 Å². The highest BCUT2D eigenvalue weighted by molar-refractivity contribution is 6.22. The molecule has 1 unspecified atom stereocenters. The first-order valence-electron chi connectivity index (χ1n) is 3.85. The SMILES string of the molecule is Cc1cccn(CC(Cl)C#N)c1=O. The molecule has 0 aliphatic carbocycles. The van der Waals surface area contributed by atoms with Crippen LogP contribution in [0.5, 0.6) is 0 Å². The molecule has 0 aliphatic heterocycles. The first-order chi connectivity index (χ1) is 6.15. The highest BCUT2D eigenvalue weighted by Crippen LogP contribution is 1.97. The van der Waals surface area contributed by atoms with Crippen molar-refractivity contribution < 1.29 is 0 Å². The fourth-order valence-electron chi connectivity index (χ4n) is 1.01. The average molecular weight is 197 g/mol. The molecule has 0 radical (unpaired) electrons. The predicted octanol–water partition coefficient (Wildman–Crippen LogP) is 1.29. The molecule has 0 aliphatic rings. The number of nitriles is 1. The normalized spacial score (nSPS) is 12.1. The van der Waals surface area contributed by atoms with Crippen LogP contribution in [0.2, 0.25) is 0 Å². The minimum absolute atomic E-state index is 0.0941. The summed E-state index contributed by atoms with van der Waals surface area (Å²) in [6.07, 6.45) is 1.63. The molecular formula is C9H9ClN2O. The second kappa shape index (κ2) is 4.11. The lowest BCUT2D eigenvalue weighted by atomic mass is 10.3. The molecule has 0 aromatic carbocycles. The Kier molecular flexibility index (Phi) is 3.10. The van der Waals surface area contributed by atoms with Gasteiger partial charge in [-0.1, -0.05) is 6.07 Å². The fourth-order valence-corrected chi connectivity index (χ4v) is 1.16. The van der Waals surface area contributed by atoms with Crippen molar-refractivity contribution in [3.05, 3.63) is 34.2 Å². The minimum Gasteiger partial charge on any atom is -0.313 e. The van der Waals surface area contributed by atoms with Crippen LogP contribution in [0, 0.1) is 18.3 Å². The maximum Gasteiger partial charge on any atom is 0.253 e. The number of halogens is 1. The van der Waals surface area contributed by atoms with Gasteiger partial charge >= 0.3 is 0 Å². The van der Waals surface area contributed by atoms with Crippen LogP contribution in [0.1, 0.15) is 5.56 Å². The zero-order chi connectivity index (χ0) is 9.84. The van der Waals surface area contributed by atoms with Gasteiger partial charge in [-0.05, 0) is 13.0 Å². The molecule has 13 heavy (non-hydrogen) atoms. The van der Waals surface area contributed by atoms with Gasteiger partial charge in [0, 0.05) is 11.8 Å². The summed E-state index contributed by atoms with van der Waals surface area (Å²) in [6, 6.07) is 5.36. The number of rotatable bonds is 2. The Morgan fingerprint density at radius 1 is 1.77 bits per heavy atom. The minimum atomic E-state index is -0.653. The second-order valence-corrected chi connectivity index (χ2v) is 3.27. The molecule has 0 saturated heterocycles. The average Bonchev–Trinajstić information content (AvgIpc) is 2.13. The van der Waals surface area contributed by atoms with E-state index in [2.05, 4.69) is 0 Å². The van der Waals surface area contributed by atoms with E-state index in [4.69, 9.17) is 16.9 Å². The summed E-state index contributed by atoms with van der Waals surface area (Å²) in [6.45, 7) is 1.97. The molecule has 0 amide bonds. The van der Waals surface area contributed by atoms with E-state index in [1.807, 2.05) is 6.07 Å². The molecule has 3 nitrogen and oxygen atoms in total. The van der Waals surface area contributed by atoms with Crippen molar-refractivity contribution >= 4 is 11.6 Å². The zero-order valence-corrected chi connectivity index (χ0v) is 7.95. The Balaban J connectivity index is 2.98. The predicted molar refractivity (Wildman–Crippen MR) is 50.7 cm³/mol. The molecule has 1 aromatic heterocycles. The number of aryl methyl sites for hydroxylation is 1. The quantitative estimate of drug-likeness (QED) is 0.670. The van der Waals surface area contributed by atoms with E-state index in [0.29, 0.717) is 5.56 Å². The molecule has 4 heteroatoms. The molecule has 0 saturated carbocycles. The summed E-state index contributed by atoms with van der Waals surface area (Å²) in [5.74, 6) is 0. The lowest BCUT2D eigenvalue weighted by Gasteiger charge is -2.05. The molecule has 1 atom stereocenters. The van der Waals surface area contributed by atoms with Crippen molar-refractivity contribution in [3.8, 4) is 6.07 Å². The number of pyridine rings is 1. The molecule has 0 N–H and O–H groups in total. The van der Waals surface area contributed by atoms with Gasteiger partial charge in [0.1, 0.15) is 5.38 Å². The van der Waals surface area contributed by atoms with E-state index < -0.39 is 5.38 Å². The molecule has 1 rings (SSSR count). The number of hydrogen-bond donors (Lipinski definition) is 0. The van der Waals surface area contributed by atoms with Gasteiger partial charge in [0.2, 0.25) is 0 Å². The van der Waals surface area contributed by atoms with Crippen molar-refractivity contribution in [2.24, 2.45) is 0 Å². The summed E-state index contributed by atoms with van der Waals surface area (Å²) in [5.41, 5.74) is 0.563. The maximum atomic E-state index is 11.4. The molecule has 1 heterocycles. The highest BCUT2D eigenvalue weighted by atomic mass is 35.5. The Morgan fingerprint density at radius 3 is 3.08 bits per heavy atom. The van der Waals surface area contributed by atoms with E-state index in [1.165, 1.54) is 4.57 Å². The first-order valence-corrected chi connectivity index (χ1v) is 4.28. The van der Waals surface area contributed by atoms with Crippen LogP contribution in [0.15, 0.2) is 23.1 Å². The van der Waals surface area contributed by atoms with Gasteiger partial charge in [-0.3, -0.25) is 4.79 Å². The van der Waals surface area contributed by atoms with E-state index in [-0.39, 0.29) is 12.1 Å². The van der Waals surface area contributed by atoms with Crippen LogP contribution in [0.25, 0.3) is 0 Å². The Labute approximate surface area is 81.2 Å². The van der Waals surface area contributed by atoms with Crippen molar-refractivity contribution in [1.29, 1.82) is 5.26 Å². The maximum absolute atomic E-state index is 11.4. The smallest absolute Gasteiger partial charge is 0.253 e. The van der Waals surface area contributed by atoms with Gasteiger partial charge < -0.3 is 4.57 Å². The number of aromatic nitrogens is 1. The molecular weight excluding hydrogens is 188 g/mol. The monoisotopic (exact) mass is 196 g/mol. The van der Waals surface area contributed by atoms with E-state index in [1.54, 1.807) is 25.3 Å². The largest absolute Gasteiger partial charge is 0.313 e. The van der Waals surface area contributed by atoms with Crippen molar-refractivity contribution in [2.45, 2.75) is 18.8 Å². The molecule has 0 spiro atoms. The van der Waals surface area contributed by atoms with Crippen LogP contribution in [-0.2, 0) is 6.54 Å². The van der Waals surface area contributed by atoms with Crippen molar-refractivity contribution in [3.63, 3.8) is 0 Å². The highest BCUT2D eigenvalue weighted by Gasteiger charge is 2.05. The van der Waals surface area contributed by atoms with E-state index >= 15 is 0 Å². The molecule has 0 bridgehead atoms. The van der Waals surface area contributed by atoms with Crippen LogP contribution in [-0.4, -0.2) is 9.94 Å². The van der Waals surface area contributed by atoms with Crippen LogP contribution >= 0.6 is 11.6 Å². The summed E-state index contributed by atoms with van der Waals surface area (Å²) in [4.78, 5) is 11.4. The zero-order valence-electron chi connectivity index (χ0n) is 7.20. The van der Waals surface area contributed by atoms with Crippen LogP contribution < -0.4 is 5.56 Å². The summed E-state index contributed by atoms with van der Waals surface area (Å²) in [5, 5.41) is 7.81. The van der Waals surface area contributed by atoms with Gasteiger partial charge in [0.05, 0.1) is 12.6 Å².